The van der Waals surface area contributed by atoms with Crippen LogP contribution in [0, 0.1) is 0 Å². The minimum Gasteiger partial charge on any atom is -0.497 e. The number of rotatable bonds is 5. The number of alkyl halides is 3. The van der Waals surface area contributed by atoms with Crippen molar-refractivity contribution in [3.8, 4) is 17.0 Å². The van der Waals surface area contributed by atoms with Crippen molar-refractivity contribution in [2.75, 3.05) is 14.2 Å². The van der Waals surface area contributed by atoms with Crippen LogP contribution in [0.25, 0.3) is 22.2 Å². The number of esters is 1. The predicted octanol–water partition coefficient (Wildman–Crippen LogP) is 6.67. The molecule has 0 N–H and O–H groups in total. The Balaban J connectivity index is 1.98. The molecule has 4 rings (SSSR count). The smallest absolute Gasteiger partial charge is 0.358 e. The van der Waals surface area contributed by atoms with Crippen LogP contribution in [0.15, 0.2) is 83.9 Å². The number of hydrogen-bond acceptors (Lipinski definition) is 4. The maximum absolute atomic E-state index is 14.9. The monoisotopic (exact) mass is 512 g/mol. The molecule has 0 fully saturated rings. The van der Waals surface area contributed by atoms with Crippen LogP contribution in [0.5, 0.6) is 5.75 Å². The van der Waals surface area contributed by atoms with Gasteiger partial charge in [0, 0.05) is 5.39 Å². The van der Waals surface area contributed by atoms with Gasteiger partial charge < -0.3 is 9.47 Å². The number of para-hydroxylation sites is 1. The van der Waals surface area contributed by atoms with Crippen LogP contribution < -0.4 is 4.74 Å². The molecule has 0 unspecified atom stereocenters. The van der Waals surface area contributed by atoms with Gasteiger partial charge in [-0.15, -0.1) is 0 Å². The van der Waals surface area contributed by atoms with E-state index in [2.05, 4.69) is 20.9 Å². The van der Waals surface area contributed by atoms with Crippen molar-refractivity contribution in [3.05, 3.63) is 84.4 Å². The van der Waals surface area contributed by atoms with E-state index in [9.17, 15) is 13.6 Å². The standard InChI is InChI=1S/C25H19BrF2N2O3/c1-32-20-12-10-19(11-13-20)29-24(25(26,27)28)30-21-9-4-3-6-17(21)15-22(30)16-7-5-8-18(14-16)23(31)33-2/h3-15H,1-2H3. The molecule has 0 aliphatic heterocycles. The summed E-state index contributed by atoms with van der Waals surface area (Å²) in [5, 5.41) is 0.746. The first-order chi connectivity index (χ1) is 15.8. The average molecular weight is 513 g/mol. The van der Waals surface area contributed by atoms with Gasteiger partial charge in [0.2, 0.25) is 0 Å². The van der Waals surface area contributed by atoms with Crippen LogP contribution >= 0.6 is 15.9 Å². The highest BCUT2D eigenvalue weighted by molar-refractivity contribution is 9.10. The number of benzene rings is 3. The molecule has 168 valence electrons. The number of carbonyl (C=O) groups excluding carboxylic acids is 1. The Morgan fingerprint density at radius 3 is 2.36 bits per heavy atom. The van der Waals surface area contributed by atoms with Crippen LogP contribution in [-0.4, -0.2) is 35.4 Å². The molecule has 0 bridgehead atoms. The lowest BCUT2D eigenvalue weighted by atomic mass is 10.1. The van der Waals surface area contributed by atoms with E-state index in [0.29, 0.717) is 33.8 Å². The number of methoxy groups -OCH3 is 2. The van der Waals surface area contributed by atoms with Gasteiger partial charge in [-0.05, 0) is 70.0 Å². The fourth-order valence-electron chi connectivity index (χ4n) is 3.54. The quantitative estimate of drug-likeness (QED) is 0.130. The minimum absolute atomic E-state index is 0.311. The Morgan fingerprint density at radius 2 is 1.70 bits per heavy atom. The number of hydrogen-bond donors (Lipinski definition) is 0. The number of carbonyl (C=O) groups is 1. The molecule has 0 radical (unpaired) electrons. The maximum Gasteiger partial charge on any atom is 0.358 e. The summed E-state index contributed by atoms with van der Waals surface area (Å²) in [4.78, 5) is 12.9. The number of fused-ring (bicyclic) bond motifs is 1. The molecule has 3 aromatic carbocycles. The molecule has 4 aromatic rings. The molecule has 0 spiro atoms. The highest BCUT2D eigenvalue weighted by Crippen LogP contribution is 2.35. The lowest BCUT2D eigenvalue weighted by molar-refractivity contribution is 0.0600. The highest BCUT2D eigenvalue weighted by atomic mass is 79.9. The summed E-state index contributed by atoms with van der Waals surface area (Å²) < 4.78 is 41.2. The molecule has 5 nitrogen and oxygen atoms in total. The van der Waals surface area contributed by atoms with Crippen molar-refractivity contribution in [2.24, 2.45) is 4.99 Å². The predicted molar refractivity (Wildman–Crippen MR) is 128 cm³/mol. The zero-order valence-electron chi connectivity index (χ0n) is 17.8. The fourth-order valence-corrected chi connectivity index (χ4v) is 3.80. The van der Waals surface area contributed by atoms with Crippen LogP contribution in [0.2, 0.25) is 0 Å². The molecule has 0 aliphatic carbocycles. The van der Waals surface area contributed by atoms with Crippen molar-refractivity contribution in [2.45, 2.75) is 4.83 Å². The Morgan fingerprint density at radius 1 is 0.970 bits per heavy atom. The van der Waals surface area contributed by atoms with Gasteiger partial charge >= 0.3 is 10.8 Å². The number of halogens is 3. The van der Waals surface area contributed by atoms with E-state index in [-0.39, 0.29) is 0 Å². The summed E-state index contributed by atoms with van der Waals surface area (Å²) in [6.07, 6.45) is 0. The van der Waals surface area contributed by atoms with E-state index in [1.54, 1.807) is 66.7 Å². The van der Waals surface area contributed by atoms with Crippen LogP contribution in [0.3, 0.4) is 0 Å². The summed E-state index contributed by atoms with van der Waals surface area (Å²) in [5.41, 5.74) is 2.20. The first kappa shape index (κ1) is 22.7. The molecular weight excluding hydrogens is 494 g/mol. The Hall–Kier alpha value is -3.52. The third-order valence-corrected chi connectivity index (χ3v) is 5.42. The molecule has 1 heterocycles. The Bertz CT molecular complexity index is 1340. The van der Waals surface area contributed by atoms with Gasteiger partial charge in [0.1, 0.15) is 5.75 Å². The summed E-state index contributed by atoms with van der Waals surface area (Å²) >= 11 is 2.51. The van der Waals surface area contributed by atoms with E-state index in [1.807, 2.05) is 12.1 Å². The van der Waals surface area contributed by atoms with Gasteiger partial charge in [0.15, 0.2) is 5.84 Å². The van der Waals surface area contributed by atoms with E-state index in [0.717, 1.165) is 5.39 Å². The molecule has 0 saturated heterocycles. The number of aromatic nitrogens is 1. The SMILES string of the molecule is COC(=O)c1cccc(-c2cc3ccccc3n2C(=Nc2ccc(OC)cc2)C(F)(F)Br)c1. The zero-order chi connectivity index (χ0) is 23.6. The normalized spacial score (nSPS) is 12.1. The van der Waals surface area contributed by atoms with Crippen molar-refractivity contribution < 1.29 is 23.0 Å². The average Bonchev–Trinajstić information content (AvgIpc) is 3.21. The molecular formula is C25H19BrF2N2O3. The van der Waals surface area contributed by atoms with Crippen molar-refractivity contribution in [1.29, 1.82) is 0 Å². The van der Waals surface area contributed by atoms with Gasteiger partial charge in [-0.1, -0.05) is 30.3 Å². The largest absolute Gasteiger partial charge is 0.497 e. The molecule has 0 aliphatic rings. The maximum atomic E-state index is 14.9. The number of nitrogens with zero attached hydrogens (tertiary/aromatic N) is 2. The third kappa shape index (κ3) is 4.66. The minimum atomic E-state index is -3.45. The second-order valence-electron chi connectivity index (χ2n) is 7.13. The van der Waals surface area contributed by atoms with Crippen molar-refractivity contribution >= 4 is 44.3 Å². The summed E-state index contributed by atoms with van der Waals surface area (Å²) in [6.45, 7) is 0. The second kappa shape index (κ2) is 9.15. The van der Waals surface area contributed by atoms with Crippen LogP contribution in [-0.2, 0) is 4.74 Å². The van der Waals surface area contributed by atoms with E-state index in [1.165, 1.54) is 18.8 Å². The molecule has 33 heavy (non-hydrogen) atoms. The lowest BCUT2D eigenvalue weighted by Crippen LogP contribution is -2.29. The Kier molecular flexibility index (Phi) is 6.29. The third-order valence-electron chi connectivity index (χ3n) is 5.06. The number of ether oxygens (including phenoxy) is 2. The fraction of sp³-hybridized carbons (Fsp3) is 0.120. The molecule has 0 atom stereocenters. The van der Waals surface area contributed by atoms with Gasteiger partial charge in [-0.25, -0.2) is 9.79 Å². The summed E-state index contributed by atoms with van der Waals surface area (Å²) in [5.74, 6) is -0.447. The van der Waals surface area contributed by atoms with Gasteiger partial charge in [-0.3, -0.25) is 4.57 Å². The summed E-state index contributed by atoms with van der Waals surface area (Å²) in [7, 11) is 2.81. The summed E-state index contributed by atoms with van der Waals surface area (Å²) in [6, 6.07) is 22.1. The van der Waals surface area contributed by atoms with Crippen molar-refractivity contribution in [3.63, 3.8) is 0 Å². The molecule has 0 amide bonds. The van der Waals surface area contributed by atoms with Crippen LogP contribution in [0.1, 0.15) is 10.4 Å². The van der Waals surface area contributed by atoms with Crippen molar-refractivity contribution in [1.82, 2.24) is 4.57 Å². The molecule has 0 saturated carbocycles. The first-order valence-electron chi connectivity index (χ1n) is 9.91. The van der Waals surface area contributed by atoms with E-state index < -0.39 is 16.6 Å². The second-order valence-corrected chi connectivity index (χ2v) is 8.12. The van der Waals surface area contributed by atoms with Gasteiger partial charge in [0.25, 0.3) is 0 Å². The first-order valence-corrected chi connectivity index (χ1v) is 10.7. The van der Waals surface area contributed by atoms with E-state index in [4.69, 9.17) is 9.47 Å². The number of aliphatic imine (C=N–C) groups is 1. The van der Waals surface area contributed by atoms with Crippen LogP contribution in [0.4, 0.5) is 14.5 Å². The molecule has 1 aromatic heterocycles. The van der Waals surface area contributed by atoms with Gasteiger partial charge in [-0.2, -0.15) is 8.78 Å². The molecule has 8 heteroatoms. The van der Waals surface area contributed by atoms with Gasteiger partial charge in [0.05, 0.1) is 36.7 Å². The lowest BCUT2D eigenvalue weighted by Gasteiger charge is -2.18. The topological polar surface area (TPSA) is 52.8 Å². The zero-order valence-corrected chi connectivity index (χ0v) is 19.3. The highest BCUT2D eigenvalue weighted by Gasteiger charge is 2.36. The Labute approximate surface area is 197 Å². The van der Waals surface area contributed by atoms with E-state index >= 15 is 0 Å².